The summed E-state index contributed by atoms with van der Waals surface area (Å²) in [7, 11) is 0. The van der Waals surface area contributed by atoms with Gasteiger partial charge in [-0.15, -0.1) is 0 Å². The highest BCUT2D eigenvalue weighted by Gasteiger charge is 2.55. The molecule has 6 nitrogen and oxygen atoms in total. The van der Waals surface area contributed by atoms with Crippen LogP contribution in [0.1, 0.15) is 103 Å². The fraction of sp³-hybridized carbons (Fsp3) is 0.600. The topological polar surface area (TPSA) is 66.9 Å². The molecule has 0 aliphatic carbocycles. The molecule has 4 atom stereocenters. The number of furan rings is 2. The van der Waals surface area contributed by atoms with Crippen LogP contribution in [-0.4, -0.2) is 34.7 Å². The lowest BCUT2D eigenvalue weighted by Crippen LogP contribution is -2.42. The Morgan fingerprint density at radius 1 is 0.711 bits per heavy atom. The van der Waals surface area contributed by atoms with Crippen LogP contribution in [0.5, 0.6) is 0 Å². The molecule has 4 unspecified atom stereocenters. The van der Waals surface area contributed by atoms with Gasteiger partial charge in [-0.2, -0.15) is 0 Å². The first-order valence-electron chi connectivity index (χ1n) is 14.2. The van der Waals surface area contributed by atoms with E-state index in [1.54, 1.807) is 0 Å². The first-order valence-corrected chi connectivity index (χ1v) is 15.8. The Kier molecular flexibility index (Phi) is 10.0. The molecular weight excluding hydrogens is 612 g/mol. The number of carbonyl (C=O) groups excluding carboxylic acids is 2. The van der Waals surface area contributed by atoms with Crippen molar-refractivity contribution in [1.29, 1.82) is 0 Å². The number of hydrogen-bond acceptors (Lipinski definition) is 4. The smallest absolute Gasteiger partial charge is 0.253 e. The molecule has 0 fully saturated rings. The Labute approximate surface area is 243 Å². The van der Waals surface area contributed by atoms with Gasteiger partial charge in [0.1, 0.15) is 23.6 Å². The van der Waals surface area contributed by atoms with Gasteiger partial charge in [-0.3, -0.25) is 9.59 Å². The summed E-state index contributed by atoms with van der Waals surface area (Å²) < 4.78 is 13.2. The van der Waals surface area contributed by atoms with Crippen molar-refractivity contribution in [2.45, 2.75) is 91.1 Å². The van der Waals surface area contributed by atoms with E-state index in [0.717, 1.165) is 51.4 Å². The van der Waals surface area contributed by atoms with Gasteiger partial charge in [0.05, 0.1) is 11.1 Å². The molecule has 0 saturated carbocycles. The van der Waals surface area contributed by atoms with E-state index < -0.39 is 12.1 Å². The van der Waals surface area contributed by atoms with Crippen LogP contribution >= 0.6 is 31.9 Å². The van der Waals surface area contributed by atoms with Gasteiger partial charge in [-0.25, -0.2) is 0 Å². The van der Waals surface area contributed by atoms with Gasteiger partial charge < -0.3 is 18.6 Å². The third-order valence-electron chi connectivity index (χ3n) is 8.17. The van der Waals surface area contributed by atoms with E-state index >= 15 is 0 Å². The van der Waals surface area contributed by atoms with Gasteiger partial charge in [-0.1, -0.05) is 66.2 Å². The highest BCUT2D eigenvalue weighted by Crippen LogP contribution is 2.51. The van der Waals surface area contributed by atoms with Gasteiger partial charge in [0.25, 0.3) is 11.8 Å². The van der Waals surface area contributed by atoms with Crippen molar-refractivity contribution in [3.8, 4) is 0 Å². The second kappa shape index (κ2) is 13.0. The van der Waals surface area contributed by atoms with Crippen molar-refractivity contribution in [2.24, 2.45) is 11.8 Å². The van der Waals surface area contributed by atoms with E-state index in [1.165, 1.54) is 0 Å². The predicted octanol–water partition coefficient (Wildman–Crippen LogP) is 8.59. The average Bonchev–Trinajstić information content (AvgIpc) is 3.66. The molecule has 2 aliphatic heterocycles. The molecule has 0 saturated heterocycles. The number of rotatable bonds is 14. The summed E-state index contributed by atoms with van der Waals surface area (Å²) >= 11 is 6.86. The predicted molar refractivity (Wildman–Crippen MR) is 155 cm³/mol. The summed E-state index contributed by atoms with van der Waals surface area (Å²) in [6.07, 6.45) is 8.55. The van der Waals surface area contributed by atoms with E-state index in [0.29, 0.717) is 56.9 Å². The monoisotopic (exact) mass is 650 g/mol. The van der Waals surface area contributed by atoms with Crippen LogP contribution in [0.25, 0.3) is 0 Å². The summed E-state index contributed by atoms with van der Waals surface area (Å²) in [6, 6.07) is 6.36. The highest BCUT2D eigenvalue weighted by molar-refractivity contribution is 9.10. The van der Waals surface area contributed by atoms with Crippen LogP contribution in [0.2, 0.25) is 0 Å². The number of nitrogens with zero attached hydrogens (tertiary/aromatic N) is 2. The van der Waals surface area contributed by atoms with Crippen molar-refractivity contribution in [1.82, 2.24) is 9.80 Å². The Morgan fingerprint density at radius 2 is 1.11 bits per heavy atom. The van der Waals surface area contributed by atoms with Crippen molar-refractivity contribution in [2.75, 3.05) is 13.1 Å². The highest BCUT2D eigenvalue weighted by atomic mass is 79.9. The zero-order valence-electron chi connectivity index (χ0n) is 23.0. The van der Waals surface area contributed by atoms with Gasteiger partial charge >= 0.3 is 0 Å². The maximum absolute atomic E-state index is 14.3. The molecule has 2 aromatic heterocycles. The third-order valence-corrected chi connectivity index (χ3v) is 9.02. The summed E-state index contributed by atoms with van der Waals surface area (Å²) in [6.45, 7) is 9.94. The molecule has 208 valence electrons. The number of amides is 2. The molecule has 2 aromatic rings. The van der Waals surface area contributed by atoms with E-state index in [-0.39, 0.29) is 11.8 Å². The lowest BCUT2D eigenvalue weighted by molar-refractivity contribution is -0.133. The lowest BCUT2D eigenvalue weighted by Gasteiger charge is -2.34. The summed E-state index contributed by atoms with van der Waals surface area (Å²) in [4.78, 5) is 32.4. The minimum Gasteiger partial charge on any atom is -0.452 e. The zero-order valence-corrected chi connectivity index (χ0v) is 26.1. The number of unbranched alkanes of at least 4 members (excludes halogenated alkanes) is 2. The molecule has 2 amide bonds. The summed E-state index contributed by atoms with van der Waals surface area (Å²) in [5.41, 5.74) is 1.09. The molecule has 0 N–H and O–H groups in total. The van der Waals surface area contributed by atoms with E-state index in [4.69, 9.17) is 8.83 Å². The third kappa shape index (κ3) is 5.86. The minimum absolute atomic E-state index is 0.0811. The van der Waals surface area contributed by atoms with Crippen molar-refractivity contribution in [3.63, 3.8) is 0 Å². The molecule has 0 aromatic carbocycles. The van der Waals surface area contributed by atoms with Gasteiger partial charge in [-0.05, 0) is 80.8 Å². The van der Waals surface area contributed by atoms with Gasteiger partial charge in [0, 0.05) is 13.1 Å². The first kappa shape index (κ1) is 29.2. The summed E-state index contributed by atoms with van der Waals surface area (Å²) in [5.74, 6) is 1.80. The Hall–Kier alpha value is -1.80. The Bertz CT molecular complexity index is 1060. The molecule has 2 aliphatic rings. The van der Waals surface area contributed by atoms with Crippen molar-refractivity contribution >= 4 is 43.7 Å². The van der Waals surface area contributed by atoms with Crippen molar-refractivity contribution < 1.29 is 18.4 Å². The largest absolute Gasteiger partial charge is 0.452 e. The Balaban J connectivity index is 1.77. The van der Waals surface area contributed by atoms with Crippen LogP contribution in [0.15, 0.2) is 53.6 Å². The normalized spacial score (nSPS) is 21.1. The fourth-order valence-electron chi connectivity index (χ4n) is 5.92. The molecule has 4 rings (SSSR count). The summed E-state index contributed by atoms with van der Waals surface area (Å²) in [5, 5.41) is 0. The Morgan fingerprint density at radius 3 is 1.39 bits per heavy atom. The molecule has 0 bridgehead atoms. The number of hydrogen-bond donors (Lipinski definition) is 0. The van der Waals surface area contributed by atoms with Crippen LogP contribution in [0, 0.1) is 11.8 Å². The molecule has 4 heterocycles. The molecule has 0 radical (unpaired) electrons. The second-order valence-corrected chi connectivity index (χ2v) is 12.2. The molecular formula is C30H40Br2N2O4. The van der Waals surface area contributed by atoms with E-state index in [2.05, 4.69) is 59.6 Å². The first-order chi connectivity index (χ1) is 18.3. The average molecular weight is 652 g/mol. The number of halogens is 2. The molecule has 38 heavy (non-hydrogen) atoms. The van der Waals surface area contributed by atoms with E-state index in [9.17, 15) is 9.59 Å². The van der Waals surface area contributed by atoms with Crippen LogP contribution in [-0.2, 0) is 9.59 Å². The second-order valence-electron chi connectivity index (χ2n) is 10.7. The van der Waals surface area contributed by atoms with Crippen LogP contribution in [0.4, 0.5) is 0 Å². The molecule has 8 heteroatoms. The van der Waals surface area contributed by atoms with E-state index in [1.807, 2.05) is 34.1 Å². The van der Waals surface area contributed by atoms with Gasteiger partial charge in [0.2, 0.25) is 0 Å². The van der Waals surface area contributed by atoms with Crippen LogP contribution < -0.4 is 0 Å². The standard InChI is InChI=1S/C30H40Br2N2O4/c1-5-9-11-19(7-3)17-33-27(21-13-15-23(31)37-21)25-26(29(33)35)28(22-14-16-24(32)38-22)34(30(25)36)18-20(8-4)12-10-6-2/h13-16,19-20,27-28H,5-12,17-18H2,1-4H3. The van der Waals surface area contributed by atoms with Crippen molar-refractivity contribution in [3.05, 3.63) is 56.3 Å². The number of carbonyl (C=O) groups is 2. The quantitative estimate of drug-likeness (QED) is 0.205. The van der Waals surface area contributed by atoms with Crippen LogP contribution in [0.3, 0.4) is 0 Å². The van der Waals surface area contributed by atoms with Gasteiger partial charge in [0.15, 0.2) is 9.34 Å². The maximum Gasteiger partial charge on any atom is 0.253 e. The minimum atomic E-state index is -0.534. The maximum atomic E-state index is 14.3. The molecule has 0 spiro atoms. The zero-order chi connectivity index (χ0) is 27.4. The fourth-order valence-corrected chi connectivity index (χ4v) is 6.56. The SMILES string of the molecule is CCCCC(CC)CN1C(=O)C2=C(C(=O)N(CC(CC)CCCC)C2c2ccc(Br)o2)C1c1ccc(Br)o1. The lowest BCUT2D eigenvalue weighted by atomic mass is 9.96.